The first-order chi connectivity index (χ1) is 12.3. The van der Waals surface area contributed by atoms with Crippen LogP contribution >= 0.6 is 23.2 Å². The molecule has 2 rings (SSSR count). The van der Waals surface area contributed by atoms with Gasteiger partial charge in [-0.2, -0.15) is 0 Å². The Morgan fingerprint density at radius 3 is 2.65 bits per heavy atom. The van der Waals surface area contributed by atoms with Gasteiger partial charge in [0.25, 0.3) is 11.6 Å². The number of hydrogen-bond acceptors (Lipinski definition) is 5. The number of carbonyl (C=O) groups is 2. The van der Waals surface area contributed by atoms with Gasteiger partial charge in [0.2, 0.25) is 0 Å². The van der Waals surface area contributed by atoms with Crippen molar-refractivity contribution in [2.75, 3.05) is 6.61 Å². The molecule has 9 heteroatoms. The Bertz CT molecular complexity index is 857. The molecule has 0 fully saturated rings. The second kappa shape index (κ2) is 8.64. The largest absolute Gasteiger partial charge is 0.483 e. The van der Waals surface area contributed by atoms with Crippen molar-refractivity contribution in [2.45, 2.75) is 13.0 Å². The van der Waals surface area contributed by atoms with Crippen LogP contribution in [0.1, 0.15) is 28.9 Å². The quantitative estimate of drug-likeness (QED) is 0.433. The molecule has 0 spiro atoms. The maximum Gasteiger partial charge on any atom is 0.270 e. The third-order valence-electron chi connectivity index (χ3n) is 3.50. The van der Waals surface area contributed by atoms with E-state index in [0.29, 0.717) is 21.9 Å². The molecule has 0 aromatic heterocycles. The fraction of sp³-hybridized carbons (Fsp3) is 0.176. The summed E-state index contributed by atoms with van der Waals surface area (Å²) in [6, 6.07) is 8.09. The number of nitro groups is 1. The number of hydrogen-bond donors (Lipinski definition) is 1. The summed E-state index contributed by atoms with van der Waals surface area (Å²) in [4.78, 5) is 33.2. The van der Waals surface area contributed by atoms with Crippen LogP contribution in [0.4, 0.5) is 5.69 Å². The summed E-state index contributed by atoms with van der Waals surface area (Å²) >= 11 is 11.9. The van der Waals surface area contributed by atoms with Gasteiger partial charge in [-0.25, -0.2) is 0 Å². The van der Waals surface area contributed by atoms with Crippen molar-refractivity contribution in [1.82, 2.24) is 5.32 Å². The lowest BCUT2D eigenvalue weighted by molar-refractivity contribution is -0.384. The second-order valence-electron chi connectivity index (χ2n) is 5.34. The Kier molecular flexibility index (Phi) is 6.54. The van der Waals surface area contributed by atoms with Crippen molar-refractivity contribution < 1.29 is 19.2 Å². The zero-order chi connectivity index (χ0) is 19.3. The first-order valence-electron chi connectivity index (χ1n) is 7.42. The van der Waals surface area contributed by atoms with Crippen LogP contribution in [0.3, 0.4) is 0 Å². The number of nitrogens with one attached hydrogen (secondary N) is 1. The van der Waals surface area contributed by atoms with E-state index >= 15 is 0 Å². The molecule has 0 saturated heterocycles. The first-order valence-corrected chi connectivity index (χ1v) is 8.18. The van der Waals surface area contributed by atoms with Gasteiger partial charge in [-0.1, -0.05) is 29.3 Å². The summed E-state index contributed by atoms with van der Waals surface area (Å²) < 4.78 is 5.29. The minimum Gasteiger partial charge on any atom is -0.483 e. The van der Waals surface area contributed by atoms with E-state index in [-0.39, 0.29) is 23.6 Å². The van der Waals surface area contributed by atoms with Gasteiger partial charge in [0, 0.05) is 22.2 Å². The van der Waals surface area contributed by atoms with Gasteiger partial charge in [0.05, 0.1) is 16.5 Å². The number of aldehydes is 1. The van der Waals surface area contributed by atoms with Gasteiger partial charge < -0.3 is 10.1 Å². The number of benzene rings is 2. The van der Waals surface area contributed by atoms with E-state index in [1.54, 1.807) is 25.1 Å². The van der Waals surface area contributed by atoms with Crippen LogP contribution < -0.4 is 10.1 Å². The zero-order valence-corrected chi connectivity index (χ0v) is 15.1. The second-order valence-corrected chi connectivity index (χ2v) is 6.18. The lowest BCUT2D eigenvalue weighted by Crippen LogP contribution is -2.31. The number of nitro benzene ring substituents is 1. The van der Waals surface area contributed by atoms with Gasteiger partial charge in [-0.15, -0.1) is 0 Å². The van der Waals surface area contributed by atoms with E-state index in [9.17, 15) is 19.7 Å². The predicted molar refractivity (Wildman–Crippen MR) is 97.0 cm³/mol. The van der Waals surface area contributed by atoms with E-state index in [4.69, 9.17) is 27.9 Å². The topological polar surface area (TPSA) is 98.5 Å². The van der Waals surface area contributed by atoms with Gasteiger partial charge in [-0.3, -0.25) is 19.7 Å². The average Bonchev–Trinajstić information content (AvgIpc) is 2.59. The molecule has 1 amide bonds. The van der Waals surface area contributed by atoms with Crippen LogP contribution in [-0.2, 0) is 4.79 Å². The molecule has 0 aliphatic rings. The Morgan fingerprint density at radius 2 is 2.04 bits per heavy atom. The molecule has 0 unspecified atom stereocenters. The number of ether oxygens (including phenoxy) is 1. The number of amides is 1. The Hall–Kier alpha value is -2.64. The van der Waals surface area contributed by atoms with Crippen LogP contribution in [0, 0.1) is 10.1 Å². The number of carbonyl (C=O) groups excluding carboxylic acids is 2. The number of non-ortho nitro benzene ring substituents is 1. The van der Waals surface area contributed by atoms with Gasteiger partial charge in [-0.05, 0) is 30.7 Å². The summed E-state index contributed by atoms with van der Waals surface area (Å²) in [6.45, 7) is 1.38. The van der Waals surface area contributed by atoms with Crippen LogP contribution in [0.25, 0.3) is 0 Å². The van der Waals surface area contributed by atoms with E-state index in [2.05, 4.69) is 5.32 Å². The smallest absolute Gasteiger partial charge is 0.270 e. The highest BCUT2D eigenvalue weighted by atomic mass is 35.5. The molecule has 0 heterocycles. The Balaban J connectivity index is 2.00. The zero-order valence-electron chi connectivity index (χ0n) is 13.6. The fourth-order valence-electron chi connectivity index (χ4n) is 2.23. The van der Waals surface area contributed by atoms with Crippen molar-refractivity contribution in [2.24, 2.45) is 0 Å². The first kappa shape index (κ1) is 19.7. The SMILES string of the molecule is C[C@@H](NC(=O)COc1ccc([N+](=O)[O-])cc1C=O)c1ccc(Cl)cc1Cl. The minimum absolute atomic E-state index is 0.0132. The van der Waals surface area contributed by atoms with Crippen LogP contribution in [0.2, 0.25) is 10.0 Å². The maximum absolute atomic E-state index is 12.1. The predicted octanol–water partition coefficient (Wildman–Crippen LogP) is 3.97. The molecule has 0 bridgehead atoms. The standard InChI is InChI=1S/C17H14Cl2N2O5/c1-10(14-4-2-12(18)7-15(14)19)20-17(23)9-26-16-5-3-13(21(24)25)6-11(16)8-22/h2-8,10H,9H2,1H3,(H,20,23)/t10-/m1/s1. The van der Waals surface area contributed by atoms with Crippen molar-refractivity contribution in [3.8, 4) is 5.75 Å². The highest BCUT2D eigenvalue weighted by molar-refractivity contribution is 6.35. The number of nitrogens with zero attached hydrogens (tertiary/aromatic N) is 1. The van der Waals surface area contributed by atoms with E-state index in [1.807, 2.05) is 0 Å². The molecule has 7 nitrogen and oxygen atoms in total. The van der Waals surface area contributed by atoms with Gasteiger partial charge in [0.1, 0.15) is 5.75 Å². The van der Waals surface area contributed by atoms with Crippen molar-refractivity contribution in [3.05, 3.63) is 67.7 Å². The molecule has 0 aliphatic heterocycles. The number of rotatable bonds is 7. The van der Waals surface area contributed by atoms with Gasteiger partial charge in [0.15, 0.2) is 12.9 Å². The molecule has 136 valence electrons. The fourth-order valence-corrected chi connectivity index (χ4v) is 2.80. The minimum atomic E-state index is -0.624. The van der Waals surface area contributed by atoms with Crippen molar-refractivity contribution >= 4 is 41.1 Å². The highest BCUT2D eigenvalue weighted by Gasteiger charge is 2.15. The van der Waals surface area contributed by atoms with Crippen molar-refractivity contribution in [1.29, 1.82) is 0 Å². The van der Waals surface area contributed by atoms with Crippen LogP contribution in [-0.4, -0.2) is 23.7 Å². The molecule has 0 saturated carbocycles. The lowest BCUT2D eigenvalue weighted by atomic mass is 10.1. The molecule has 0 radical (unpaired) electrons. The third kappa shape index (κ3) is 4.93. The monoisotopic (exact) mass is 396 g/mol. The van der Waals surface area contributed by atoms with E-state index in [0.717, 1.165) is 6.07 Å². The lowest BCUT2D eigenvalue weighted by Gasteiger charge is -2.16. The molecule has 2 aromatic carbocycles. The van der Waals surface area contributed by atoms with E-state index in [1.165, 1.54) is 12.1 Å². The summed E-state index contributed by atoms with van der Waals surface area (Å²) in [5, 5.41) is 14.3. The normalized spacial score (nSPS) is 11.5. The third-order valence-corrected chi connectivity index (χ3v) is 4.06. The number of halogens is 2. The summed E-state index contributed by atoms with van der Waals surface area (Å²) in [5.74, 6) is -0.364. The highest BCUT2D eigenvalue weighted by Crippen LogP contribution is 2.26. The molecule has 1 N–H and O–H groups in total. The summed E-state index contributed by atoms with van der Waals surface area (Å²) in [7, 11) is 0. The van der Waals surface area contributed by atoms with Gasteiger partial charge >= 0.3 is 0 Å². The molecule has 26 heavy (non-hydrogen) atoms. The summed E-state index contributed by atoms with van der Waals surface area (Å²) in [5.41, 5.74) is 0.434. The maximum atomic E-state index is 12.1. The molecular formula is C17H14Cl2N2O5. The van der Waals surface area contributed by atoms with Crippen LogP contribution in [0.15, 0.2) is 36.4 Å². The summed E-state index contributed by atoms with van der Waals surface area (Å²) in [6.07, 6.45) is 0.427. The molecule has 0 aliphatic carbocycles. The Morgan fingerprint density at radius 1 is 1.31 bits per heavy atom. The van der Waals surface area contributed by atoms with Crippen LogP contribution in [0.5, 0.6) is 5.75 Å². The molecule has 2 aromatic rings. The van der Waals surface area contributed by atoms with Crippen molar-refractivity contribution in [3.63, 3.8) is 0 Å². The average molecular weight is 397 g/mol. The van der Waals surface area contributed by atoms with E-state index < -0.39 is 16.9 Å². The molecular weight excluding hydrogens is 383 g/mol. The molecule has 1 atom stereocenters. The Labute approximate surface area is 159 Å².